The minimum atomic E-state index is 0.630. The Morgan fingerprint density at radius 2 is 1.81 bits per heavy atom. The second-order valence-electron chi connectivity index (χ2n) is 4.75. The third-order valence-corrected chi connectivity index (χ3v) is 4.28. The molecule has 3 aromatic rings. The number of aromatic nitrogens is 2. The van der Waals surface area contributed by atoms with Crippen molar-refractivity contribution in [3.05, 3.63) is 57.1 Å². The summed E-state index contributed by atoms with van der Waals surface area (Å²) in [5.41, 5.74) is 10.0. The molecule has 0 aliphatic rings. The Morgan fingerprint density at radius 1 is 1.10 bits per heavy atom. The van der Waals surface area contributed by atoms with Crippen LogP contribution in [-0.2, 0) is 7.05 Å². The summed E-state index contributed by atoms with van der Waals surface area (Å²) in [7, 11) is 1.85. The molecule has 0 aliphatic carbocycles. The van der Waals surface area contributed by atoms with Crippen LogP contribution in [0.15, 0.2) is 48.5 Å². The van der Waals surface area contributed by atoms with Crippen molar-refractivity contribution < 1.29 is 0 Å². The molecule has 0 spiro atoms. The van der Waals surface area contributed by atoms with Crippen LogP contribution < -0.4 is 5.73 Å². The zero-order valence-electron chi connectivity index (χ0n) is 11.3. The van der Waals surface area contributed by atoms with Gasteiger partial charge in [0, 0.05) is 21.2 Å². The van der Waals surface area contributed by atoms with Gasteiger partial charge in [0.2, 0.25) is 0 Å². The number of hydrogen-bond acceptors (Lipinski definition) is 2. The SMILES string of the molecule is Cn1nc(-c2ccc(I)cc2)c(-c2cccc(Cl)c2)c1N. The first kappa shape index (κ1) is 14.4. The van der Waals surface area contributed by atoms with Crippen LogP contribution in [0.1, 0.15) is 0 Å². The molecule has 2 N–H and O–H groups in total. The van der Waals surface area contributed by atoms with E-state index in [1.54, 1.807) is 4.68 Å². The van der Waals surface area contributed by atoms with Gasteiger partial charge in [-0.2, -0.15) is 5.10 Å². The average Bonchev–Trinajstić information content (AvgIpc) is 2.76. The van der Waals surface area contributed by atoms with E-state index in [1.807, 2.05) is 31.3 Å². The zero-order chi connectivity index (χ0) is 15.0. The van der Waals surface area contributed by atoms with Gasteiger partial charge in [0.05, 0.1) is 5.56 Å². The summed E-state index contributed by atoms with van der Waals surface area (Å²) >= 11 is 8.39. The molecule has 0 amide bonds. The van der Waals surface area contributed by atoms with Crippen LogP contribution in [0.2, 0.25) is 5.02 Å². The van der Waals surface area contributed by atoms with E-state index in [0.29, 0.717) is 10.8 Å². The Balaban J connectivity index is 2.23. The Bertz CT molecular complexity index is 794. The predicted octanol–water partition coefficient (Wildman–Crippen LogP) is 4.59. The molecule has 0 saturated heterocycles. The maximum atomic E-state index is 6.21. The highest BCUT2D eigenvalue weighted by Crippen LogP contribution is 2.36. The fraction of sp³-hybridized carbons (Fsp3) is 0.0625. The predicted molar refractivity (Wildman–Crippen MR) is 96.2 cm³/mol. The first-order chi connectivity index (χ1) is 10.1. The van der Waals surface area contributed by atoms with Gasteiger partial charge in [0.15, 0.2) is 0 Å². The summed E-state index contributed by atoms with van der Waals surface area (Å²) in [6.07, 6.45) is 0. The van der Waals surface area contributed by atoms with Gasteiger partial charge in [-0.05, 0) is 52.4 Å². The quantitative estimate of drug-likeness (QED) is 0.629. The van der Waals surface area contributed by atoms with Crippen molar-refractivity contribution in [2.24, 2.45) is 7.05 Å². The Morgan fingerprint density at radius 3 is 2.48 bits per heavy atom. The van der Waals surface area contributed by atoms with E-state index in [9.17, 15) is 0 Å². The van der Waals surface area contributed by atoms with Crippen molar-refractivity contribution in [1.29, 1.82) is 0 Å². The smallest absolute Gasteiger partial charge is 0.129 e. The summed E-state index contributed by atoms with van der Waals surface area (Å²) in [4.78, 5) is 0. The molecule has 0 bridgehead atoms. The molecule has 106 valence electrons. The van der Waals surface area contributed by atoms with Crippen LogP contribution in [-0.4, -0.2) is 9.78 Å². The standard InChI is InChI=1S/C16H13ClIN3/c1-21-16(19)14(11-3-2-4-12(17)9-11)15(20-21)10-5-7-13(18)8-6-10/h2-9H,19H2,1H3. The van der Waals surface area contributed by atoms with Gasteiger partial charge >= 0.3 is 0 Å². The monoisotopic (exact) mass is 409 g/mol. The summed E-state index contributed by atoms with van der Waals surface area (Å²) in [5.74, 6) is 0.630. The van der Waals surface area contributed by atoms with Crippen molar-refractivity contribution in [1.82, 2.24) is 9.78 Å². The number of aryl methyl sites for hydroxylation is 1. The van der Waals surface area contributed by atoms with E-state index >= 15 is 0 Å². The molecule has 5 heteroatoms. The molecule has 3 nitrogen and oxygen atoms in total. The fourth-order valence-corrected chi connectivity index (χ4v) is 2.83. The molecule has 0 saturated carbocycles. The van der Waals surface area contributed by atoms with Crippen LogP contribution >= 0.6 is 34.2 Å². The lowest BCUT2D eigenvalue weighted by Crippen LogP contribution is -1.97. The number of anilines is 1. The third kappa shape index (κ3) is 2.78. The number of nitrogen functional groups attached to an aromatic ring is 1. The Labute approximate surface area is 141 Å². The second-order valence-corrected chi connectivity index (χ2v) is 6.43. The molecule has 0 unspecified atom stereocenters. The van der Waals surface area contributed by atoms with Crippen LogP contribution in [0.5, 0.6) is 0 Å². The number of benzene rings is 2. The zero-order valence-corrected chi connectivity index (χ0v) is 14.3. The first-order valence-corrected chi connectivity index (χ1v) is 7.86. The number of nitrogens with zero attached hydrogens (tertiary/aromatic N) is 2. The van der Waals surface area contributed by atoms with E-state index in [4.69, 9.17) is 17.3 Å². The van der Waals surface area contributed by atoms with E-state index < -0.39 is 0 Å². The minimum Gasteiger partial charge on any atom is -0.383 e. The van der Waals surface area contributed by atoms with Gasteiger partial charge in [0.25, 0.3) is 0 Å². The molecule has 1 heterocycles. The summed E-state index contributed by atoms with van der Waals surface area (Å²) in [5, 5.41) is 5.25. The Kier molecular flexibility index (Phi) is 3.91. The first-order valence-electron chi connectivity index (χ1n) is 6.40. The van der Waals surface area contributed by atoms with Gasteiger partial charge in [0.1, 0.15) is 11.5 Å². The largest absolute Gasteiger partial charge is 0.383 e. The number of hydrogen-bond donors (Lipinski definition) is 1. The molecule has 21 heavy (non-hydrogen) atoms. The molecule has 0 aliphatic heterocycles. The minimum absolute atomic E-state index is 0.630. The van der Waals surface area contributed by atoms with E-state index in [2.05, 4.69) is 52.0 Å². The normalized spacial score (nSPS) is 10.8. The maximum absolute atomic E-state index is 6.21. The van der Waals surface area contributed by atoms with E-state index in [0.717, 1.165) is 22.4 Å². The van der Waals surface area contributed by atoms with Crippen LogP contribution in [0.4, 0.5) is 5.82 Å². The van der Waals surface area contributed by atoms with Crippen LogP contribution in [0.3, 0.4) is 0 Å². The lowest BCUT2D eigenvalue weighted by atomic mass is 10.0. The van der Waals surface area contributed by atoms with Crippen molar-refractivity contribution in [3.8, 4) is 22.4 Å². The van der Waals surface area contributed by atoms with Crippen molar-refractivity contribution in [2.75, 3.05) is 5.73 Å². The fourth-order valence-electron chi connectivity index (χ4n) is 2.28. The number of halogens is 2. The molecule has 0 atom stereocenters. The average molecular weight is 410 g/mol. The highest BCUT2D eigenvalue weighted by Gasteiger charge is 2.17. The van der Waals surface area contributed by atoms with Crippen molar-refractivity contribution in [2.45, 2.75) is 0 Å². The van der Waals surface area contributed by atoms with Gasteiger partial charge in [-0.25, -0.2) is 0 Å². The Hall–Kier alpha value is -1.53. The maximum Gasteiger partial charge on any atom is 0.129 e. The summed E-state index contributed by atoms with van der Waals surface area (Å²) in [6.45, 7) is 0. The highest BCUT2D eigenvalue weighted by atomic mass is 127. The van der Waals surface area contributed by atoms with Gasteiger partial charge in [-0.1, -0.05) is 35.9 Å². The molecule has 3 rings (SSSR count). The molecule has 0 fully saturated rings. The molecule has 1 aromatic heterocycles. The van der Waals surface area contributed by atoms with Gasteiger partial charge in [-0.3, -0.25) is 4.68 Å². The van der Waals surface area contributed by atoms with Crippen molar-refractivity contribution >= 4 is 40.0 Å². The van der Waals surface area contributed by atoms with E-state index in [-0.39, 0.29) is 0 Å². The molecule has 0 radical (unpaired) electrons. The molecular weight excluding hydrogens is 397 g/mol. The van der Waals surface area contributed by atoms with Crippen LogP contribution in [0.25, 0.3) is 22.4 Å². The third-order valence-electron chi connectivity index (χ3n) is 3.32. The lowest BCUT2D eigenvalue weighted by molar-refractivity contribution is 0.782. The molecule has 2 aromatic carbocycles. The number of rotatable bonds is 2. The summed E-state index contributed by atoms with van der Waals surface area (Å²) < 4.78 is 2.88. The van der Waals surface area contributed by atoms with Gasteiger partial charge < -0.3 is 5.73 Å². The highest BCUT2D eigenvalue weighted by molar-refractivity contribution is 14.1. The summed E-state index contributed by atoms with van der Waals surface area (Å²) in [6, 6.07) is 15.9. The topological polar surface area (TPSA) is 43.8 Å². The van der Waals surface area contributed by atoms with E-state index in [1.165, 1.54) is 3.57 Å². The lowest BCUT2D eigenvalue weighted by Gasteiger charge is -2.05. The molecular formula is C16H13ClIN3. The van der Waals surface area contributed by atoms with Crippen LogP contribution in [0, 0.1) is 3.57 Å². The van der Waals surface area contributed by atoms with Crippen molar-refractivity contribution in [3.63, 3.8) is 0 Å². The van der Waals surface area contributed by atoms with Gasteiger partial charge in [-0.15, -0.1) is 0 Å². The second kappa shape index (κ2) is 5.69. The number of nitrogens with two attached hydrogens (primary N) is 1.